The lowest BCUT2D eigenvalue weighted by Crippen LogP contribution is -2.35. The number of aryl methyl sites for hydroxylation is 1. The predicted octanol–water partition coefficient (Wildman–Crippen LogP) is 3.73. The van der Waals surface area contributed by atoms with Gasteiger partial charge in [0.25, 0.3) is 5.56 Å². The van der Waals surface area contributed by atoms with E-state index in [-0.39, 0.29) is 17.0 Å². The number of aromatic nitrogens is 1. The third-order valence-electron chi connectivity index (χ3n) is 5.34. The van der Waals surface area contributed by atoms with Crippen molar-refractivity contribution in [3.63, 3.8) is 0 Å². The van der Waals surface area contributed by atoms with Gasteiger partial charge in [-0.3, -0.25) is 4.79 Å². The van der Waals surface area contributed by atoms with Gasteiger partial charge in [-0.2, -0.15) is 0 Å². The van der Waals surface area contributed by atoms with E-state index in [1.165, 1.54) is 7.11 Å². The third-order valence-corrected chi connectivity index (χ3v) is 5.58. The summed E-state index contributed by atoms with van der Waals surface area (Å²) >= 11 is 6.21. The van der Waals surface area contributed by atoms with Crippen LogP contribution in [0.4, 0.5) is 0 Å². The molecule has 1 aromatic heterocycles. The van der Waals surface area contributed by atoms with Crippen molar-refractivity contribution in [2.24, 2.45) is 5.73 Å². The molecule has 2 aromatic carbocycles. The molecule has 0 amide bonds. The van der Waals surface area contributed by atoms with Gasteiger partial charge in [-0.1, -0.05) is 54.1 Å². The second kappa shape index (κ2) is 8.32. The van der Waals surface area contributed by atoms with Gasteiger partial charge >= 0.3 is 5.97 Å². The Labute approximate surface area is 184 Å². The topological polar surface area (TPSA) is 83.5 Å². The van der Waals surface area contributed by atoms with Crippen LogP contribution in [0.15, 0.2) is 76.9 Å². The summed E-state index contributed by atoms with van der Waals surface area (Å²) in [7, 11) is 1.26. The molecule has 3 aromatic rings. The number of esters is 1. The lowest BCUT2D eigenvalue weighted by atomic mass is 9.83. The van der Waals surface area contributed by atoms with Gasteiger partial charge in [-0.25, -0.2) is 4.79 Å². The highest BCUT2D eigenvalue weighted by molar-refractivity contribution is 6.30. The number of hydrogen-bond donors (Lipinski definition) is 1. The maximum atomic E-state index is 13.7. The molecule has 1 aliphatic heterocycles. The maximum absolute atomic E-state index is 13.7. The van der Waals surface area contributed by atoms with Crippen LogP contribution in [-0.4, -0.2) is 17.6 Å². The number of carbonyl (C=O) groups excluding carboxylic acids is 1. The van der Waals surface area contributed by atoms with E-state index >= 15 is 0 Å². The van der Waals surface area contributed by atoms with Crippen LogP contribution in [0.2, 0.25) is 5.02 Å². The van der Waals surface area contributed by atoms with Crippen molar-refractivity contribution >= 4 is 17.6 Å². The molecule has 0 saturated carbocycles. The second-order valence-electron chi connectivity index (χ2n) is 7.30. The van der Waals surface area contributed by atoms with Crippen LogP contribution < -0.4 is 16.0 Å². The molecular weight excluding hydrogens is 416 g/mol. The van der Waals surface area contributed by atoms with E-state index in [1.807, 2.05) is 37.3 Å². The van der Waals surface area contributed by atoms with E-state index in [9.17, 15) is 9.59 Å². The number of benzene rings is 2. The molecular formula is C24H21ClN2O4. The number of rotatable bonds is 4. The van der Waals surface area contributed by atoms with Crippen LogP contribution in [0.5, 0.6) is 5.75 Å². The molecule has 0 saturated heterocycles. The molecule has 0 unspecified atom stereocenters. The van der Waals surface area contributed by atoms with Crippen LogP contribution >= 0.6 is 11.6 Å². The van der Waals surface area contributed by atoms with Gasteiger partial charge in [0.1, 0.15) is 11.3 Å². The lowest BCUT2D eigenvalue weighted by molar-refractivity contribution is -0.136. The Balaban J connectivity index is 1.96. The van der Waals surface area contributed by atoms with Gasteiger partial charge in [0.05, 0.1) is 25.1 Å². The van der Waals surface area contributed by atoms with Crippen molar-refractivity contribution in [1.29, 1.82) is 0 Å². The Morgan fingerprint density at radius 2 is 1.90 bits per heavy atom. The molecule has 7 heteroatoms. The smallest absolute Gasteiger partial charge is 0.340 e. The minimum atomic E-state index is -0.773. The SMILES string of the molecule is COC(=O)C1=C(N)Oc2cc(C)n(Cc3ccccc3)c(=O)c2[C@H]1c1cccc(Cl)c1. The van der Waals surface area contributed by atoms with Crippen molar-refractivity contribution in [2.75, 3.05) is 7.11 Å². The molecule has 0 fully saturated rings. The number of methoxy groups -OCH3 is 1. The number of fused-ring (bicyclic) bond motifs is 1. The van der Waals surface area contributed by atoms with E-state index < -0.39 is 11.9 Å². The zero-order valence-electron chi connectivity index (χ0n) is 17.1. The molecule has 4 rings (SSSR count). The Morgan fingerprint density at radius 3 is 2.58 bits per heavy atom. The van der Waals surface area contributed by atoms with E-state index in [4.69, 9.17) is 26.8 Å². The van der Waals surface area contributed by atoms with Crippen LogP contribution in [0.25, 0.3) is 0 Å². The molecule has 0 bridgehead atoms. The standard InChI is InChI=1S/C24H21ClN2O4/c1-14-11-18-20(23(28)27(14)13-15-7-4-3-5-8-15)19(16-9-6-10-17(25)12-16)21(22(26)31-18)24(29)30-2/h3-12,19H,13,26H2,1-2H3/t19-/m1/s1. The van der Waals surface area contributed by atoms with Gasteiger partial charge in [0.15, 0.2) is 0 Å². The molecule has 158 valence electrons. The molecule has 0 spiro atoms. The molecule has 0 aliphatic carbocycles. The highest BCUT2D eigenvalue weighted by atomic mass is 35.5. The highest BCUT2D eigenvalue weighted by Crippen LogP contribution is 2.41. The van der Waals surface area contributed by atoms with E-state index in [2.05, 4.69) is 0 Å². The van der Waals surface area contributed by atoms with Gasteiger partial charge in [-0.15, -0.1) is 0 Å². The number of hydrogen-bond acceptors (Lipinski definition) is 5. The fourth-order valence-electron chi connectivity index (χ4n) is 3.88. The van der Waals surface area contributed by atoms with E-state index in [1.54, 1.807) is 34.9 Å². The monoisotopic (exact) mass is 436 g/mol. The molecule has 2 heterocycles. The van der Waals surface area contributed by atoms with Crippen LogP contribution in [0.3, 0.4) is 0 Å². The number of ether oxygens (including phenoxy) is 2. The fraction of sp³-hybridized carbons (Fsp3) is 0.167. The molecule has 31 heavy (non-hydrogen) atoms. The largest absolute Gasteiger partial charge is 0.465 e. The van der Waals surface area contributed by atoms with E-state index in [0.29, 0.717) is 34.1 Å². The molecule has 1 aliphatic rings. The summed E-state index contributed by atoms with van der Waals surface area (Å²) < 4.78 is 12.3. The van der Waals surface area contributed by atoms with Crippen molar-refractivity contribution in [1.82, 2.24) is 4.57 Å². The predicted molar refractivity (Wildman–Crippen MR) is 118 cm³/mol. The first-order chi connectivity index (χ1) is 14.9. The summed E-state index contributed by atoms with van der Waals surface area (Å²) in [5.74, 6) is -1.21. The Hall–Kier alpha value is -3.51. The summed E-state index contributed by atoms with van der Waals surface area (Å²) in [4.78, 5) is 26.3. The van der Waals surface area contributed by atoms with Gasteiger partial charge < -0.3 is 19.8 Å². The summed E-state index contributed by atoms with van der Waals surface area (Å²) in [6.07, 6.45) is 0. The quantitative estimate of drug-likeness (QED) is 0.630. The highest BCUT2D eigenvalue weighted by Gasteiger charge is 2.38. The minimum absolute atomic E-state index is 0.0736. The van der Waals surface area contributed by atoms with Gasteiger partial charge in [0, 0.05) is 16.8 Å². The van der Waals surface area contributed by atoms with Crippen molar-refractivity contribution in [2.45, 2.75) is 19.4 Å². The molecule has 6 nitrogen and oxygen atoms in total. The van der Waals surface area contributed by atoms with Crippen LogP contribution in [0, 0.1) is 6.92 Å². The van der Waals surface area contributed by atoms with Crippen LogP contribution in [-0.2, 0) is 16.1 Å². The first-order valence-corrected chi connectivity index (χ1v) is 10.1. The number of carbonyl (C=O) groups is 1. The number of nitrogens with two attached hydrogens (primary N) is 1. The average molecular weight is 437 g/mol. The second-order valence-corrected chi connectivity index (χ2v) is 7.74. The van der Waals surface area contributed by atoms with Crippen molar-refractivity contribution in [3.8, 4) is 5.75 Å². The Kier molecular flexibility index (Phi) is 5.57. The van der Waals surface area contributed by atoms with Gasteiger partial charge in [0.2, 0.25) is 5.88 Å². The van der Waals surface area contributed by atoms with Crippen LogP contribution in [0.1, 0.15) is 28.3 Å². The average Bonchev–Trinajstić information content (AvgIpc) is 2.76. The molecule has 2 N–H and O–H groups in total. The first-order valence-electron chi connectivity index (χ1n) is 9.70. The number of halogens is 1. The fourth-order valence-corrected chi connectivity index (χ4v) is 4.08. The number of pyridine rings is 1. The molecule has 1 atom stereocenters. The zero-order chi connectivity index (χ0) is 22.1. The first kappa shape index (κ1) is 20.8. The van der Waals surface area contributed by atoms with Crippen molar-refractivity contribution in [3.05, 3.63) is 110 Å². The van der Waals surface area contributed by atoms with Gasteiger partial charge in [-0.05, 0) is 30.2 Å². The minimum Gasteiger partial charge on any atom is -0.465 e. The van der Waals surface area contributed by atoms with E-state index in [0.717, 1.165) is 5.56 Å². The number of nitrogens with zero attached hydrogens (tertiary/aromatic N) is 1. The Bertz CT molecular complexity index is 1250. The zero-order valence-corrected chi connectivity index (χ0v) is 17.8. The Morgan fingerprint density at radius 1 is 1.16 bits per heavy atom. The normalized spacial score (nSPS) is 15.3. The molecule has 0 radical (unpaired) electrons. The lowest BCUT2D eigenvalue weighted by Gasteiger charge is -2.29. The maximum Gasteiger partial charge on any atom is 0.340 e. The summed E-state index contributed by atoms with van der Waals surface area (Å²) in [6, 6.07) is 18.4. The summed E-state index contributed by atoms with van der Waals surface area (Å²) in [6.45, 7) is 2.21. The summed E-state index contributed by atoms with van der Waals surface area (Å²) in [5, 5.41) is 0.477. The van der Waals surface area contributed by atoms with Crippen molar-refractivity contribution < 1.29 is 14.3 Å². The summed E-state index contributed by atoms with van der Waals surface area (Å²) in [5.41, 5.74) is 8.58. The third kappa shape index (κ3) is 3.82.